The standard InChI is InChI=1S/C22H18FNO5/c1-13-19(22(27)29-3)17(12-15-6-4-5-7-18(15)23)20(25)24(13)16-10-8-14(9-11-16)21(26)28-2/h4-12H,1-3H3. The summed E-state index contributed by atoms with van der Waals surface area (Å²) in [6, 6.07) is 12.1. The molecule has 1 heterocycles. The molecule has 3 rings (SSSR count). The smallest absolute Gasteiger partial charge is 0.340 e. The summed E-state index contributed by atoms with van der Waals surface area (Å²) in [5.41, 5.74) is 1.36. The minimum atomic E-state index is -0.702. The van der Waals surface area contributed by atoms with Crippen LogP contribution in [0.3, 0.4) is 0 Å². The van der Waals surface area contributed by atoms with Crippen LogP contribution in [0.1, 0.15) is 22.8 Å². The number of hydrogen-bond acceptors (Lipinski definition) is 5. The molecular weight excluding hydrogens is 377 g/mol. The van der Waals surface area contributed by atoms with Crippen LogP contribution in [0.5, 0.6) is 0 Å². The van der Waals surface area contributed by atoms with Crippen molar-refractivity contribution < 1.29 is 28.2 Å². The third kappa shape index (κ3) is 3.67. The summed E-state index contributed by atoms with van der Waals surface area (Å²) >= 11 is 0. The van der Waals surface area contributed by atoms with Gasteiger partial charge in [-0.15, -0.1) is 0 Å². The van der Waals surface area contributed by atoms with E-state index in [4.69, 9.17) is 4.74 Å². The highest BCUT2D eigenvalue weighted by Crippen LogP contribution is 2.35. The molecule has 2 aromatic rings. The lowest BCUT2D eigenvalue weighted by Gasteiger charge is -2.18. The molecule has 0 unspecified atom stereocenters. The summed E-state index contributed by atoms with van der Waals surface area (Å²) in [5, 5.41) is 0. The molecule has 0 bridgehead atoms. The van der Waals surface area contributed by atoms with Crippen LogP contribution in [-0.4, -0.2) is 32.1 Å². The number of amides is 1. The van der Waals surface area contributed by atoms with E-state index in [1.807, 2.05) is 0 Å². The number of anilines is 1. The van der Waals surface area contributed by atoms with E-state index < -0.39 is 23.7 Å². The van der Waals surface area contributed by atoms with Crippen LogP contribution < -0.4 is 4.90 Å². The molecular formula is C22H18FNO5. The molecule has 0 fully saturated rings. The van der Waals surface area contributed by atoms with Gasteiger partial charge >= 0.3 is 11.9 Å². The Hall–Kier alpha value is -3.74. The van der Waals surface area contributed by atoms with Gasteiger partial charge in [-0.1, -0.05) is 18.2 Å². The van der Waals surface area contributed by atoms with E-state index >= 15 is 0 Å². The minimum Gasteiger partial charge on any atom is -0.465 e. The lowest BCUT2D eigenvalue weighted by molar-refractivity contribution is -0.136. The average Bonchev–Trinajstić information content (AvgIpc) is 2.98. The molecule has 0 N–H and O–H groups in total. The first-order valence-corrected chi connectivity index (χ1v) is 8.67. The van der Waals surface area contributed by atoms with Crippen LogP contribution in [0.2, 0.25) is 0 Å². The summed E-state index contributed by atoms with van der Waals surface area (Å²) < 4.78 is 23.6. The van der Waals surface area contributed by atoms with Crippen molar-refractivity contribution in [1.29, 1.82) is 0 Å². The number of esters is 2. The van der Waals surface area contributed by atoms with E-state index in [1.165, 1.54) is 55.5 Å². The number of methoxy groups -OCH3 is 2. The number of benzene rings is 2. The zero-order valence-electron chi connectivity index (χ0n) is 16.1. The van der Waals surface area contributed by atoms with E-state index in [2.05, 4.69) is 4.74 Å². The van der Waals surface area contributed by atoms with Gasteiger partial charge in [-0.05, 0) is 43.3 Å². The molecule has 0 radical (unpaired) electrons. The van der Waals surface area contributed by atoms with Crippen LogP contribution >= 0.6 is 0 Å². The van der Waals surface area contributed by atoms with Gasteiger partial charge in [-0.2, -0.15) is 0 Å². The molecule has 0 aliphatic carbocycles. The number of allylic oxidation sites excluding steroid dienone is 1. The second-order valence-corrected chi connectivity index (χ2v) is 6.21. The first-order chi connectivity index (χ1) is 13.9. The topological polar surface area (TPSA) is 72.9 Å². The molecule has 0 saturated carbocycles. The van der Waals surface area contributed by atoms with Crippen molar-refractivity contribution in [3.05, 3.63) is 82.3 Å². The van der Waals surface area contributed by atoms with Crippen molar-refractivity contribution in [2.45, 2.75) is 6.92 Å². The van der Waals surface area contributed by atoms with Crippen LogP contribution in [0.25, 0.3) is 6.08 Å². The van der Waals surface area contributed by atoms with Crippen molar-refractivity contribution in [1.82, 2.24) is 0 Å². The maximum atomic E-state index is 14.1. The summed E-state index contributed by atoms with van der Waals surface area (Å²) in [6.45, 7) is 1.60. The maximum Gasteiger partial charge on any atom is 0.340 e. The Morgan fingerprint density at radius 2 is 1.59 bits per heavy atom. The molecule has 0 aromatic heterocycles. The first kappa shape index (κ1) is 20.0. The summed E-state index contributed by atoms with van der Waals surface area (Å²) in [5.74, 6) is -2.23. The van der Waals surface area contributed by atoms with E-state index in [0.29, 0.717) is 16.9 Å². The van der Waals surface area contributed by atoms with Gasteiger partial charge in [-0.25, -0.2) is 14.0 Å². The first-order valence-electron chi connectivity index (χ1n) is 8.67. The zero-order chi connectivity index (χ0) is 21.1. The average molecular weight is 395 g/mol. The fourth-order valence-electron chi connectivity index (χ4n) is 3.10. The predicted molar refractivity (Wildman–Crippen MR) is 104 cm³/mol. The van der Waals surface area contributed by atoms with E-state index in [9.17, 15) is 18.8 Å². The highest BCUT2D eigenvalue weighted by molar-refractivity contribution is 6.23. The third-order valence-electron chi connectivity index (χ3n) is 4.54. The number of carbonyl (C=O) groups excluding carboxylic acids is 3. The number of ether oxygens (including phenoxy) is 2. The fraction of sp³-hybridized carbons (Fsp3) is 0.136. The Kier molecular flexibility index (Phi) is 5.59. The molecule has 0 saturated heterocycles. The number of nitrogens with zero attached hydrogens (tertiary/aromatic N) is 1. The van der Waals surface area contributed by atoms with Gasteiger partial charge < -0.3 is 9.47 Å². The monoisotopic (exact) mass is 395 g/mol. The quantitative estimate of drug-likeness (QED) is 0.585. The van der Waals surface area contributed by atoms with Crippen LogP contribution in [0.4, 0.5) is 10.1 Å². The predicted octanol–water partition coefficient (Wildman–Crippen LogP) is 3.49. The summed E-state index contributed by atoms with van der Waals surface area (Å²) in [6.07, 6.45) is 1.33. The summed E-state index contributed by atoms with van der Waals surface area (Å²) in [7, 11) is 2.48. The summed E-state index contributed by atoms with van der Waals surface area (Å²) in [4.78, 5) is 38.4. The normalized spacial score (nSPS) is 15.1. The Morgan fingerprint density at radius 1 is 0.966 bits per heavy atom. The second kappa shape index (κ2) is 8.10. The van der Waals surface area contributed by atoms with Gasteiger partial charge in [0.15, 0.2) is 0 Å². The van der Waals surface area contributed by atoms with E-state index in [0.717, 1.165) is 0 Å². The molecule has 0 spiro atoms. The van der Waals surface area contributed by atoms with Crippen molar-refractivity contribution in [3.8, 4) is 0 Å². The number of hydrogen-bond donors (Lipinski definition) is 0. The zero-order valence-corrected chi connectivity index (χ0v) is 16.1. The lowest BCUT2D eigenvalue weighted by atomic mass is 10.0. The van der Waals surface area contributed by atoms with Crippen LogP contribution in [0, 0.1) is 5.82 Å². The van der Waals surface area contributed by atoms with Crippen LogP contribution in [0.15, 0.2) is 65.4 Å². The van der Waals surface area contributed by atoms with E-state index in [1.54, 1.807) is 25.1 Å². The molecule has 1 amide bonds. The Bertz CT molecular complexity index is 1050. The van der Waals surface area contributed by atoms with E-state index in [-0.39, 0.29) is 16.7 Å². The molecule has 1 aliphatic rings. The molecule has 7 heteroatoms. The van der Waals surface area contributed by atoms with Crippen molar-refractivity contribution in [2.24, 2.45) is 0 Å². The molecule has 6 nitrogen and oxygen atoms in total. The number of rotatable bonds is 4. The lowest BCUT2D eigenvalue weighted by Crippen LogP contribution is -2.24. The van der Waals surface area contributed by atoms with Gasteiger partial charge in [0.25, 0.3) is 5.91 Å². The highest BCUT2D eigenvalue weighted by atomic mass is 19.1. The Labute approximate surface area is 166 Å². The SMILES string of the molecule is COC(=O)C1=C(C)N(c2ccc(C(=O)OC)cc2)C(=O)C1=Cc1ccccc1F. The minimum absolute atomic E-state index is 0.0245. The fourth-order valence-corrected chi connectivity index (χ4v) is 3.10. The van der Waals surface area contributed by atoms with Gasteiger partial charge in [0.2, 0.25) is 0 Å². The van der Waals surface area contributed by atoms with Crippen molar-refractivity contribution >= 4 is 29.6 Å². The number of carbonyl (C=O) groups is 3. The largest absolute Gasteiger partial charge is 0.465 e. The van der Waals surface area contributed by atoms with Gasteiger partial charge in [0, 0.05) is 16.9 Å². The van der Waals surface area contributed by atoms with Gasteiger partial charge in [0.1, 0.15) is 5.82 Å². The van der Waals surface area contributed by atoms with Gasteiger partial charge in [-0.3, -0.25) is 9.69 Å². The molecule has 2 aromatic carbocycles. The number of halogens is 1. The molecule has 1 aliphatic heterocycles. The molecule has 148 valence electrons. The maximum absolute atomic E-state index is 14.1. The van der Waals surface area contributed by atoms with Crippen LogP contribution in [-0.2, 0) is 19.1 Å². The highest BCUT2D eigenvalue weighted by Gasteiger charge is 2.38. The Morgan fingerprint density at radius 3 is 2.17 bits per heavy atom. The van der Waals surface area contributed by atoms with Crippen molar-refractivity contribution in [3.63, 3.8) is 0 Å². The second-order valence-electron chi connectivity index (χ2n) is 6.21. The molecule has 0 atom stereocenters. The van der Waals surface area contributed by atoms with Crippen molar-refractivity contribution in [2.75, 3.05) is 19.1 Å². The Balaban J connectivity index is 2.09. The third-order valence-corrected chi connectivity index (χ3v) is 4.54. The van der Waals surface area contributed by atoms with Gasteiger partial charge in [0.05, 0.1) is 30.9 Å². The molecule has 29 heavy (non-hydrogen) atoms.